The molecule has 1 atom stereocenters. The molecule has 1 aliphatic heterocycles. The third-order valence-corrected chi connectivity index (χ3v) is 5.11. The highest BCUT2D eigenvalue weighted by atomic mass is 16.3. The molecule has 0 unspecified atom stereocenters. The molecule has 2 aromatic carbocycles. The Bertz CT molecular complexity index is 1330. The molecule has 3 heterocycles. The summed E-state index contributed by atoms with van der Waals surface area (Å²) in [7, 11) is 0. The Morgan fingerprint density at radius 3 is 2.66 bits per heavy atom. The number of benzene rings is 2. The minimum Gasteiger partial charge on any atom is -0.508 e. The van der Waals surface area contributed by atoms with Gasteiger partial charge in [0.15, 0.2) is 5.43 Å². The summed E-state index contributed by atoms with van der Waals surface area (Å²) in [4.78, 5) is 32.5. The highest BCUT2D eigenvalue weighted by Gasteiger charge is 2.44. The summed E-state index contributed by atoms with van der Waals surface area (Å²) in [5, 5.41) is 10.4. The molecule has 6 nitrogen and oxygen atoms in total. The lowest BCUT2D eigenvalue weighted by atomic mass is 9.98. The maximum absolute atomic E-state index is 13.4. The molecule has 0 saturated heterocycles. The number of phenols is 1. The van der Waals surface area contributed by atoms with Crippen molar-refractivity contribution in [3.63, 3.8) is 0 Å². The Morgan fingerprint density at radius 2 is 1.90 bits per heavy atom. The molecule has 0 fully saturated rings. The summed E-state index contributed by atoms with van der Waals surface area (Å²) in [5.41, 5.74) is 1.88. The highest BCUT2D eigenvalue weighted by molar-refractivity contribution is 6.10. The molecule has 0 aliphatic carbocycles. The van der Waals surface area contributed by atoms with Gasteiger partial charge in [-0.2, -0.15) is 0 Å². The van der Waals surface area contributed by atoms with E-state index in [1.165, 1.54) is 4.90 Å². The Balaban J connectivity index is 1.84. The van der Waals surface area contributed by atoms with E-state index in [0.717, 1.165) is 5.56 Å². The van der Waals surface area contributed by atoms with Crippen molar-refractivity contribution in [1.82, 2.24) is 4.98 Å². The van der Waals surface area contributed by atoms with Crippen LogP contribution in [0, 0.1) is 6.92 Å². The third kappa shape index (κ3) is 2.61. The Hall–Kier alpha value is -3.93. The number of pyridine rings is 1. The maximum Gasteiger partial charge on any atom is 0.296 e. The van der Waals surface area contributed by atoms with Crippen LogP contribution in [-0.4, -0.2) is 16.0 Å². The van der Waals surface area contributed by atoms with Gasteiger partial charge in [0.1, 0.15) is 17.2 Å². The number of phenolic OH excluding ortho intramolecular Hbond substituents is 1. The number of carbonyl (C=O) groups excluding carboxylic acids is 1. The fourth-order valence-corrected chi connectivity index (χ4v) is 3.83. The van der Waals surface area contributed by atoms with Gasteiger partial charge in [0.25, 0.3) is 5.91 Å². The number of hydrogen-bond acceptors (Lipinski definition) is 5. The number of carbonyl (C=O) groups is 1. The van der Waals surface area contributed by atoms with Gasteiger partial charge >= 0.3 is 0 Å². The van der Waals surface area contributed by atoms with Crippen LogP contribution in [-0.2, 0) is 0 Å². The molecule has 29 heavy (non-hydrogen) atoms. The molecule has 0 radical (unpaired) electrons. The number of nitrogens with zero attached hydrogens (tertiary/aromatic N) is 2. The number of aromatic hydroxyl groups is 1. The number of aryl methyl sites for hydroxylation is 1. The van der Waals surface area contributed by atoms with Crippen molar-refractivity contribution in [2.45, 2.75) is 13.0 Å². The van der Waals surface area contributed by atoms with Crippen molar-refractivity contribution in [1.29, 1.82) is 0 Å². The maximum atomic E-state index is 13.4. The fraction of sp³-hybridized carbons (Fsp3) is 0.0870. The molecule has 1 amide bonds. The van der Waals surface area contributed by atoms with E-state index in [1.54, 1.807) is 60.8 Å². The molecule has 2 aromatic heterocycles. The molecule has 6 heteroatoms. The van der Waals surface area contributed by atoms with Gasteiger partial charge in [-0.15, -0.1) is 0 Å². The van der Waals surface area contributed by atoms with Crippen molar-refractivity contribution >= 4 is 22.7 Å². The van der Waals surface area contributed by atoms with Crippen molar-refractivity contribution in [3.05, 3.63) is 99.5 Å². The van der Waals surface area contributed by atoms with Gasteiger partial charge in [0.05, 0.1) is 17.0 Å². The van der Waals surface area contributed by atoms with E-state index in [4.69, 9.17) is 4.42 Å². The number of rotatable bonds is 2. The molecule has 1 N–H and O–H groups in total. The summed E-state index contributed by atoms with van der Waals surface area (Å²) < 4.78 is 5.90. The van der Waals surface area contributed by atoms with Crippen LogP contribution in [0.15, 0.2) is 76.1 Å². The van der Waals surface area contributed by atoms with Gasteiger partial charge in [-0.05, 0) is 48.9 Å². The van der Waals surface area contributed by atoms with Crippen molar-refractivity contribution in [2.24, 2.45) is 0 Å². The number of fused-ring (bicyclic) bond motifs is 2. The summed E-state index contributed by atoms with van der Waals surface area (Å²) in [6, 6.07) is 16.3. The molecule has 1 aliphatic rings. The van der Waals surface area contributed by atoms with E-state index in [-0.39, 0.29) is 22.5 Å². The third-order valence-electron chi connectivity index (χ3n) is 5.11. The zero-order chi connectivity index (χ0) is 20.1. The van der Waals surface area contributed by atoms with Crippen molar-refractivity contribution in [2.75, 3.05) is 4.90 Å². The van der Waals surface area contributed by atoms with E-state index in [1.807, 2.05) is 13.0 Å². The zero-order valence-electron chi connectivity index (χ0n) is 15.5. The van der Waals surface area contributed by atoms with Gasteiger partial charge < -0.3 is 9.52 Å². The minimum atomic E-state index is -0.749. The van der Waals surface area contributed by atoms with E-state index < -0.39 is 11.9 Å². The van der Waals surface area contributed by atoms with E-state index in [0.29, 0.717) is 22.4 Å². The van der Waals surface area contributed by atoms with Crippen LogP contribution in [0.4, 0.5) is 5.82 Å². The first-order valence-electron chi connectivity index (χ1n) is 9.15. The smallest absolute Gasteiger partial charge is 0.296 e. The lowest BCUT2D eigenvalue weighted by Crippen LogP contribution is -2.30. The van der Waals surface area contributed by atoms with Crippen LogP contribution in [0.3, 0.4) is 0 Å². The van der Waals surface area contributed by atoms with E-state index in [9.17, 15) is 14.7 Å². The second kappa shape index (κ2) is 6.31. The van der Waals surface area contributed by atoms with E-state index >= 15 is 0 Å². The lowest BCUT2D eigenvalue weighted by molar-refractivity contribution is 0.0970. The van der Waals surface area contributed by atoms with E-state index in [2.05, 4.69) is 4.98 Å². The molecule has 4 aromatic rings. The summed E-state index contributed by atoms with van der Waals surface area (Å²) in [5.74, 6) is 0.0132. The largest absolute Gasteiger partial charge is 0.508 e. The first-order chi connectivity index (χ1) is 14.0. The zero-order valence-corrected chi connectivity index (χ0v) is 15.5. The Morgan fingerprint density at radius 1 is 1.03 bits per heavy atom. The predicted octanol–water partition coefficient (Wildman–Crippen LogP) is 3.95. The Labute approximate surface area is 165 Å². The van der Waals surface area contributed by atoms with Crippen LogP contribution in [0.25, 0.3) is 11.0 Å². The lowest BCUT2D eigenvalue weighted by Gasteiger charge is -2.24. The molecule has 142 valence electrons. The van der Waals surface area contributed by atoms with Crippen LogP contribution in [0.2, 0.25) is 0 Å². The van der Waals surface area contributed by atoms with Gasteiger partial charge in [-0.1, -0.05) is 29.8 Å². The highest BCUT2D eigenvalue weighted by Crippen LogP contribution is 2.41. The second-order valence-electron chi connectivity index (χ2n) is 7.03. The van der Waals surface area contributed by atoms with Crippen LogP contribution in [0.1, 0.15) is 33.3 Å². The SMILES string of the molecule is Cc1ccc2oc3c(c(=O)c2c1)[C@H](c1cccc(O)c1)N(c1ccccn1)C3=O. The second-order valence-corrected chi connectivity index (χ2v) is 7.03. The summed E-state index contributed by atoms with van der Waals surface area (Å²) in [6.07, 6.45) is 1.58. The molecular formula is C23H16N2O4. The normalized spacial score (nSPS) is 15.7. The predicted molar refractivity (Wildman–Crippen MR) is 108 cm³/mol. The molecule has 0 saturated carbocycles. The van der Waals surface area contributed by atoms with Gasteiger partial charge in [-0.25, -0.2) is 4.98 Å². The number of hydrogen-bond donors (Lipinski definition) is 1. The van der Waals surface area contributed by atoms with Gasteiger partial charge in [0.2, 0.25) is 5.76 Å². The molecular weight excluding hydrogens is 368 g/mol. The molecule has 0 spiro atoms. The fourth-order valence-electron chi connectivity index (χ4n) is 3.83. The summed E-state index contributed by atoms with van der Waals surface area (Å²) in [6.45, 7) is 1.89. The molecule has 0 bridgehead atoms. The molecule has 5 rings (SSSR count). The van der Waals surface area contributed by atoms with Gasteiger partial charge in [-0.3, -0.25) is 14.5 Å². The number of anilines is 1. The minimum absolute atomic E-state index is 0.00495. The van der Waals surface area contributed by atoms with Crippen molar-refractivity contribution < 1.29 is 14.3 Å². The monoisotopic (exact) mass is 384 g/mol. The van der Waals surface area contributed by atoms with Gasteiger partial charge in [0, 0.05) is 6.20 Å². The first kappa shape index (κ1) is 17.2. The van der Waals surface area contributed by atoms with Crippen molar-refractivity contribution in [3.8, 4) is 5.75 Å². The number of amides is 1. The quantitative estimate of drug-likeness (QED) is 0.566. The van der Waals surface area contributed by atoms with Crippen LogP contribution >= 0.6 is 0 Å². The summed E-state index contributed by atoms with van der Waals surface area (Å²) >= 11 is 0. The number of aromatic nitrogens is 1. The average molecular weight is 384 g/mol. The topological polar surface area (TPSA) is 83.6 Å². The first-order valence-corrected chi connectivity index (χ1v) is 9.15. The van der Waals surface area contributed by atoms with Crippen LogP contribution in [0.5, 0.6) is 5.75 Å². The standard InChI is InChI=1S/C23H16N2O4/c1-13-8-9-17-16(11-13)21(27)19-20(14-5-4-6-15(26)12-14)25(23(28)22(19)29-17)18-7-2-3-10-24-18/h2-12,20,26H,1H3/t20-/m0/s1. The average Bonchev–Trinajstić information content (AvgIpc) is 3.02. The van der Waals surface area contributed by atoms with Crippen LogP contribution < -0.4 is 10.3 Å². The Kier molecular flexibility index (Phi) is 3.74.